The fraction of sp³-hybridized carbons (Fsp3) is 0.0667. The third kappa shape index (κ3) is 3.11. The maximum absolute atomic E-state index is 4.17. The van der Waals surface area contributed by atoms with Gasteiger partial charge in [0.25, 0.3) is 0 Å². The van der Waals surface area contributed by atoms with Crippen molar-refractivity contribution in [1.29, 1.82) is 0 Å². The fourth-order valence-electron chi connectivity index (χ4n) is 1.40. The van der Waals surface area contributed by atoms with Gasteiger partial charge in [-0.3, -0.25) is 0 Å². The Bertz CT molecular complexity index is 522. The molecule has 0 unspecified atom stereocenters. The summed E-state index contributed by atoms with van der Waals surface area (Å²) in [4.78, 5) is 0. The molecule has 0 fully saturated rings. The van der Waals surface area contributed by atoms with Crippen LogP contribution >= 0.6 is 0 Å². The smallest absolute Gasteiger partial charge is 0.0857 e. The molecule has 0 aliphatic carbocycles. The zero-order chi connectivity index (χ0) is 12.1. The van der Waals surface area contributed by atoms with E-state index in [1.165, 1.54) is 5.56 Å². The van der Waals surface area contributed by atoms with E-state index in [2.05, 4.69) is 23.7 Å². The summed E-state index contributed by atoms with van der Waals surface area (Å²) in [6, 6.07) is 15.7. The summed E-state index contributed by atoms with van der Waals surface area (Å²) >= 11 is 0. The molecule has 0 saturated carbocycles. The van der Waals surface area contributed by atoms with Crippen LogP contribution in [0.2, 0.25) is 0 Å². The van der Waals surface area contributed by atoms with E-state index in [0.29, 0.717) is 0 Å². The average Bonchev–Trinajstić information content (AvgIpc) is 2.39. The van der Waals surface area contributed by atoms with E-state index in [0.717, 1.165) is 16.9 Å². The molecule has 2 nitrogen and oxygen atoms in total. The van der Waals surface area contributed by atoms with Crippen LogP contribution in [0.4, 0.5) is 11.4 Å². The third-order valence-corrected chi connectivity index (χ3v) is 2.44. The van der Waals surface area contributed by atoms with Gasteiger partial charge < -0.3 is 0 Å². The molecule has 2 heteroatoms. The lowest BCUT2D eigenvalue weighted by molar-refractivity contribution is 1.23. The van der Waals surface area contributed by atoms with Crippen molar-refractivity contribution < 1.29 is 0 Å². The first kappa shape index (κ1) is 11.3. The highest BCUT2D eigenvalue weighted by Gasteiger charge is 1.91. The van der Waals surface area contributed by atoms with E-state index in [4.69, 9.17) is 0 Å². The van der Waals surface area contributed by atoms with Gasteiger partial charge in [-0.2, -0.15) is 10.2 Å². The lowest BCUT2D eigenvalue weighted by Gasteiger charge is -1.95. The van der Waals surface area contributed by atoms with E-state index in [-0.39, 0.29) is 0 Å². The van der Waals surface area contributed by atoms with Crippen LogP contribution in [0.1, 0.15) is 11.1 Å². The van der Waals surface area contributed by atoms with Crippen molar-refractivity contribution in [3.05, 3.63) is 66.2 Å². The Morgan fingerprint density at radius 1 is 0.824 bits per heavy atom. The molecule has 17 heavy (non-hydrogen) atoms. The maximum Gasteiger partial charge on any atom is 0.0857 e. The van der Waals surface area contributed by atoms with Gasteiger partial charge in [-0.25, -0.2) is 0 Å². The zero-order valence-corrected chi connectivity index (χ0v) is 9.80. The largest absolute Gasteiger partial charge is 0.151 e. The Labute approximate surface area is 101 Å². The molecule has 2 aromatic carbocycles. The van der Waals surface area contributed by atoms with E-state index in [9.17, 15) is 0 Å². The zero-order valence-electron chi connectivity index (χ0n) is 9.80. The van der Waals surface area contributed by atoms with Crippen molar-refractivity contribution in [2.45, 2.75) is 6.92 Å². The Hall–Kier alpha value is -2.22. The van der Waals surface area contributed by atoms with Crippen LogP contribution in [-0.2, 0) is 0 Å². The molecule has 84 valence electrons. The molecule has 2 aromatic rings. The van der Waals surface area contributed by atoms with Gasteiger partial charge in [0.05, 0.1) is 11.4 Å². The standard InChI is InChI=1S/C15H14N2/c1-3-13-6-10-15(11-7-13)17-16-14-8-4-12(2)5-9-14/h3-11H,1H2,2H3. The minimum absolute atomic E-state index is 0.844. The molecule has 0 amide bonds. The van der Waals surface area contributed by atoms with E-state index in [1.807, 2.05) is 48.5 Å². The minimum atomic E-state index is 0.844. The molecule has 0 bridgehead atoms. The second-order valence-electron chi connectivity index (χ2n) is 3.83. The summed E-state index contributed by atoms with van der Waals surface area (Å²) in [7, 11) is 0. The average molecular weight is 222 g/mol. The van der Waals surface area contributed by atoms with Gasteiger partial charge in [0.1, 0.15) is 0 Å². The molecule has 0 heterocycles. The molecule has 0 spiro atoms. The molecule has 0 atom stereocenters. The minimum Gasteiger partial charge on any atom is -0.151 e. The Kier molecular flexibility index (Phi) is 3.46. The quantitative estimate of drug-likeness (QED) is 0.649. The van der Waals surface area contributed by atoms with Crippen LogP contribution < -0.4 is 0 Å². The van der Waals surface area contributed by atoms with Crippen LogP contribution in [0.5, 0.6) is 0 Å². The molecule has 0 saturated heterocycles. The Morgan fingerprint density at radius 3 is 1.76 bits per heavy atom. The first-order valence-electron chi connectivity index (χ1n) is 5.49. The van der Waals surface area contributed by atoms with Gasteiger partial charge in [0.15, 0.2) is 0 Å². The highest BCUT2D eigenvalue weighted by Crippen LogP contribution is 2.19. The van der Waals surface area contributed by atoms with Crippen LogP contribution in [-0.4, -0.2) is 0 Å². The van der Waals surface area contributed by atoms with Gasteiger partial charge >= 0.3 is 0 Å². The SMILES string of the molecule is C=Cc1ccc(N=Nc2ccc(C)cc2)cc1. The summed E-state index contributed by atoms with van der Waals surface area (Å²) in [5, 5.41) is 8.34. The number of hydrogen-bond acceptors (Lipinski definition) is 2. The van der Waals surface area contributed by atoms with Gasteiger partial charge in [0.2, 0.25) is 0 Å². The Balaban J connectivity index is 2.14. The maximum atomic E-state index is 4.17. The first-order valence-corrected chi connectivity index (χ1v) is 5.49. The molecule has 0 aliphatic heterocycles. The fourth-order valence-corrected chi connectivity index (χ4v) is 1.40. The van der Waals surface area contributed by atoms with Gasteiger partial charge in [-0.05, 0) is 36.8 Å². The summed E-state index contributed by atoms with van der Waals surface area (Å²) in [5.41, 5.74) is 4.01. The van der Waals surface area contributed by atoms with E-state index in [1.54, 1.807) is 6.08 Å². The lowest BCUT2D eigenvalue weighted by atomic mass is 10.2. The molecular formula is C15H14N2. The van der Waals surface area contributed by atoms with E-state index >= 15 is 0 Å². The third-order valence-electron chi connectivity index (χ3n) is 2.44. The van der Waals surface area contributed by atoms with Crippen LogP contribution in [0.25, 0.3) is 6.08 Å². The molecular weight excluding hydrogens is 208 g/mol. The molecule has 0 aromatic heterocycles. The highest BCUT2D eigenvalue weighted by molar-refractivity contribution is 5.51. The van der Waals surface area contributed by atoms with Crippen LogP contribution in [0, 0.1) is 6.92 Å². The highest BCUT2D eigenvalue weighted by atomic mass is 15.1. The monoisotopic (exact) mass is 222 g/mol. The number of rotatable bonds is 3. The lowest BCUT2D eigenvalue weighted by Crippen LogP contribution is -1.70. The van der Waals surface area contributed by atoms with Crippen molar-refractivity contribution in [3.8, 4) is 0 Å². The molecule has 2 rings (SSSR count). The van der Waals surface area contributed by atoms with Crippen molar-refractivity contribution >= 4 is 17.5 Å². The van der Waals surface area contributed by atoms with Crippen molar-refractivity contribution in [2.24, 2.45) is 10.2 Å². The summed E-state index contributed by atoms with van der Waals surface area (Å²) in [5.74, 6) is 0. The van der Waals surface area contributed by atoms with Crippen LogP contribution in [0.15, 0.2) is 65.3 Å². The van der Waals surface area contributed by atoms with Crippen LogP contribution in [0.3, 0.4) is 0 Å². The number of nitrogens with zero attached hydrogens (tertiary/aromatic N) is 2. The number of azo groups is 1. The second kappa shape index (κ2) is 5.21. The van der Waals surface area contributed by atoms with Gasteiger partial charge in [-0.1, -0.05) is 42.5 Å². The first-order chi connectivity index (χ1) is 8.28. The predicted molar refractivity (Wildman–Crippen MR) is 71.9 cm³/mol. The summed E-state index contributed by atoms with van der Waals surface area (Å²) in [6.45, 7) is 5.76. The summed E-state index contributed by atoms with van der Waals surface area (Å²) in [6.07, 6.45) is 1.81. The van der Waals surface area contributed by atoms with E-state index < -0.39 is 0 Å². The van der Waals surface area contributed by atoms with Crippen molar-refractivity contribution in [3.63, 3.8) is 0 Å². The van der Waals surface area contributed by atoms with Crippen molar-refractivity contribution in [1.82, 2.24) is 0 Å². The molecule has 0 radical (unpaired) electrons. The van der Waals surface area contributed by atoms with Gasteiger partial charge in [0, 0.05) is 0 Å². The second-order valence-corrected chi connectivity index (χ2v) is 3.83. The van der Waals surface area contributed by atoms with Gasteiger partial charge in [-0.15, -0.1) is 0 Å². The molecule has 0 N–H and O–H groups in total. The summed E-state index contributed by atoms with van der Waals surface area (Å²) < 4.78 is 0. The number of hydrogen-bond donors (Lipinski definition) is 0. The number of aryl methyl sites for hydroxylation is 1. The predicted octanol–water partition coefficient (Wildman–Crippen LogP) is 5.05. The molecule has 0 aliphatic rings. The topological polar surface area (TPSA) is 24.7 Å². The van der Waals surface area contributed by atoms with Crippen molar-refractivity contribution in [2.75, 3.05) is 0 Å². The normalized spacial score (nSPS) is 10.6. The number of benzene rings is 2. The Morgan fingerprint density at radius 2 is 1.29 bits per heavy atom.